The third-order valence-corrected chi connectivity index (χ3v) is 4.63. The number of hydrazine groups is 1. The van der Waals surface area contributed by atoms with E-state index in [2.05, 4.69) is 10.2 Å². The number of anilines is 1. The molecule has 1 fully saturated rings. The Morgan fingerprint density at radius 3 is 2.34 bits per heavy atom. The molecule has 0 bridgehead atoms. The van der Waals surface area contributed by atoms with Gasteiger partial charge in [-0.05, 0) is 42.8 Å². The van der Waals surface area contributed by atoms with Crippen LogP contribution in [0.5, 0.6) is 5.75 Å². The van der Waals surface area contributed by atoms with E-state index in [1.807, 2.05) is 0 Å². The van der Waals surface area contributed by atoms with Crippen molar-refractivity contribution in [3.63, 3.8) is 0 Å². The molecule has 1 saturated heterocycles. The smallest absolute Gasteiger partial charge is 0.346 e. The van der Waals surface area contributed by atoms with Crippen LogP contribution >= 0.6 is 23.2 Å². The molecule has 0 aliphatic carbocycles. The first-order valence-electron chi connectivity index (χ1n) is 8.47. The van der Waals surface area contributed by atoms with Gasteiger partial charge in [0, 0.05) is 0 Å². The number of para-hydroxylation sites is 1. The highest BCUT2D eigenvalue weighted by Crippen LogP contribution is 2.36. The van der Waals surface area contributed by atoms with E-state index in [0.717, 1.165) is 5.01 Å². The Labute approximate surface area is 176 Å². The van der Waals surface area contributed by atoms with Crippen LogP contribution in [0.2, 0.25) is 10.0 Å². The monoisotopic (exact) mass is 434 g/mol. The highest BCUT2D eigenvalue weighted by Gasteiger charge is 2.34. The van der Waals surface area contributed by atoms with Gasteiger partial charge >= 0.3 is 5.97 Å². The minimum absolute atomic E-state index is 0.0717. The number of rotatable bonds is 5. The van der Waals surface area contributed by atoms with Gasteiger partial charge in [-0.2, -0.15) is 0 Å². The van der Waals surface area contributed by atoms with Crippen molar-refractivity contribution in [3.05, 3.63) is 63.6 Å². The molecule has 1 aliphatic rings. The number of hydrogen-bond acceptors (Lipinski definition) is 5. The molecule has 1 heterocycles. The number of methoxy groups -OCH3 is 1. The SMILES string of the molecule is COC(=O)C(C)Oc1c(Cl)cc(C=C2C(=O)NN(c3ccccc3)C2=O)cc1Cl. The van der Waals surface area contributed by atoms with Crippen molar-refractivity contribution in [1.29, 1.82) is 0 Å². The summed E-state index contributed by atoms with van der Waals surface area (Å²) in [6.45, 7) is 1.49. The maximum atomic E-state index is 12.6. The summed E-state index contributed by atoms with van der Waals surface area (Å²) in [5, 5.41) is 1.39. The highest BCUT2D eigenvalue weighted by atomic mass is 35.5. The summed E-state index contributed by atoms with van der Waals surface area (Å²) in [6, 6.07) is 11.7. The van der Waals surface area contributed by atoms with Gasteiger partial charge in [0.05, 0.1) is 22.8 Å². The second-order valence-electron chi connectivity index (χ2n) is 6.07. The molecular weight excluding hydrogens is 419 g/mol. The number of benzene rings is 2. The molecule has 1 aliphatic heterocycles. The molecule has 7 nitrogen and oxygen atoms in total. The average molecular weight is 435 g/mol. The molecule has 3 rings (SSSR count). The summed E-state index contributed by atoms with van der Waals surface area (Å²) >= 11 is 12.4. The fourth-order valence-corrected chi connectivity index (χ4v) is 3.24. The lowest BCUT2D eigenvalue weighted by Gasteiger charge is -2.15. The van der Waals surface area contributed by atoms with Gasteiger partial charge in [0.25, 0.3) is 11.8 Å². The molecule has 0 aromatic heterocycles. The normalized spacial score (nSPS) is 16.0. The van der Waals surface area contributed by atoms with Gasteiger partial charge in [0.2, 0.25) is 0 Å². The quantitative estimate of drug-likeness (QED) is 0.442. The Kier molecular flexibility index (Phi) is 6.10. The van der Waals surface area contributed by atoms with Gasteiger partial charge in [-0.3, -0.25) is 15.0 Å². The number of carbonyl (C=O) groups excluding carboxylic acids is 3. The number of esters is 1. The van der Waals surface area contributed by atoms with Crippen molar-refractivity contribution in [2.45, 2.75) is 13.0 Å². The Morgan fingerprint density at radius 1 is 1.14 bits per heavy atom. The number of carbonyl (C=O) groups is 3. The molecule has 0 radical (unpaired) electrons. The van der Waals surface area contributed by atoms with Gasteiger partial charge in [0.15, 0.2) is 11.9 Å². The number of halogens is 2. The summed E-state index contributed by atoms with van der Waals surface area (Å²) in [6.07, 6.45) is 0.465. The summed E-state index contributed by atoms with van der Waals surface area (Å²) in [4.78, 5) is 36.4. The zero-order valence-electron chi connectivity index (χ0n) is 15.4. The summed E-state index contributed by atoms with van der Waals surface area (Å²) < 4.78 is 10.1. The van der Waals surface area contributed by atoms with Crippen LogP contribution < -0.4 is 15.2 Å². The van der Waals surface area contributed by atoms with E-state index in [1.54, 1.807) is 30.3 Å². The Bertz CT molecular complexity index is 984. The van der Waals surface area contributed by atoms with Gasteiger partial charge in [-0.25, -0.2) is 9.80 Å². The van der Waals surface area contributed by atoms with Crippen molar-refractivity contribution >= 4 is 52.7 Å². The Hall–Kier alpha value is -3.03. The maximum Gasteiger partial charge on any atom is 0.346 e. The molecule has 9 heteroatoms. The second kappa shape index (κ2) is 8.55. The number of nitrogens with zero attached hydrogens (tertiary/aromatic N) is 1. The minimum Gasteiger partial charge on any atom is -0.476 e. The standard InChI is InChI=1S/C20H16Cl2N2O5/c1-11(20(27)28-2)29-17-15(21)9-12(10-16(17)22)8-14-18(25)23-24(19(14)26)13-6-4-3-5-7-13/h3-11H,1-2H3,(H,23,25). The topological polar surface area (TPSA) is 84.9 Å². The first kappa shape index (κ1) is 20.7. The van der Waals surface area contributed by atoms with E-state index in [0.29, 0.717) is 11.3 Å². The van der Waals surface area contributed by atoms with Gasteiger partial charge < -0.3 is 9.47 Å². The summed E-state index contributed by atoms with van der Waals surface area (Å²) in [5.41, 5.74) is 3.39. The van der Waals surface area contributed by atoms with Crippen molar-refractivity contribution in [2.24, 2.45) is 0 Å². The third-order valence-electron chi connectivity index (χ3n) is 4.07. The zero-order chi connectivity index (χ0) is 21.1. The molecule has 1 N–H and O–H groups in total. The summed E-state index contributed by atoms with van der Waals surface area (Å²) in [7, 11) is 1.24. The van der Waals surface area contributed by atoms with Crippen molar-refractivity contribution in [1.82, 2.24) is 5.43 Å². The Morgan fingerprint density at radius 2 is 1.76 bits per heavy atom. The van der Waals surface area contributed by atoms with Crippen LogP contribution in [-0.2, 0) is 19.1 Å². The second-order valence-corrected chi connectivity index (χ2v) is 6.89. The van der Waals surface area contributed by atoms with Crippen LogP contribution in [0.3, 0.4) is 0 Å². The van der Waals surface area contributed by atoms with Crippen molar-refractivity contribution in [2.75, 3.05) is 12.1 Å². The minimum atomic E-state index is -0.916. The number of ether oxygens (including phenoxy) is 2. The predicted molar refractivity (Wildman–Crippen MR) is 109 cm³/mol. The largest absolute Gasteiger partial charge is 0.476 e. The molecule has 1 unspecified atom stereocenters. The van der Waals surface area contributed by atoms with Crippen LogP contribution in [0, 0.1) is 0 Å². The molecule has 1 atom stereocenters. The molecular formula is C20H16Cl2N2O5. The molecule has 2 aromatic carbocycles. The molecule has 2 amide bonds. The van der Waals surface area contributed by atoms with Gasteiger partial charge in [-0.15, -0.1) is 0 Å². The van der Waals surface area contributed by atoms with Gasteiger partial charge in [0.1, 0.15) is 5.57 Å². The van der Waals surface area contributed by atoms with Crippen LogP contribution in [0.1, 0.15) is 12.5 Å². The molecule has 150 valence electrons. The third kappa shape index (κ3) is 4.36. The molecule has 0 saturated carbocycles. The number of nitrogens with one attached hydrogen (secondary N) is 1. The van der Waals surface area contributed by atoms with Crippen LogP contribution in [0.15, 0.2) is 48.0 Å². The lowest BCUT2D eigenvalue weighted by atomic mass is 10.1. The average Bonchev–Trinajstić information content (AvgIpc) is 2.98. The van der Waals surface area contributed by atoms with Crippen LogP contribution in [0.25, 0.3) is 6.08 Å². The zero-order valence-corrected chi connectivity index (χ0v) is 17.0. The van der Waals surface area contributed by atoms with E-state index >= 15 is 0 Å². The predicted octanol–water partition coefficient (Wildman–Crippen LogP) is 3.40. The highest BCUT2D eigenvalue weighted by molar-refractivity contribution is 6.37. The Balaban J connectivity index is 1.88. The fourth-order valence-electron chi connectivity index (χ4n) is 2.65. The van der Waals surface area contributed by atoms with E-state index in [4.69, 9.17) is 27.9 Å². The molecule has 29 heavy (non-hydrogen) atoms. The van der Waals surface area contributed by atoms with Gasteiger partial charge in [-0.1, -0.05) is 41.4 Å². The van der Waals surface area contributed by atoms with E-state index in [9.17, 15) is 14.4 Å². The fraction of sp³-hybridized carbons (Fsp3) is 0.150. The lowest BCUT2D eigenvalue weighted by molar-refractivity contribution is -0.147. The molecule has 0 spiro atoms. The maximum absolute atomic E-state index is 12.6. The van der Waals surface area contributed by atoms with Crippen molar-refractivity contribution < 1.29 is 23.9 Å². The van der Waals surface area contributed by atoms with E-state index in [-0.39, 0.29) is 21.4 Å². The van der Waals surface area contributed by atoms with E-state index in [1.165, 1.54) is 32.2 Å². The van der Waals surface area contributed by atoms with Crippen LogP contribution in [-0.4, -0.2) is 31.0 Å². The van der Waals surface area contributed by atoms with Crippen molar-refractivity contribution in [3.8, 4) is 5.75 Å². The summed E-state index contributed by atoms with van der Waals surface area (Å²) in [5.74, 6) is -1.54. The first-order chi connectivity index (χ1) is 13.8. The molecule has 2 aromatic rings. The van der Waals surface area contributed by atoms with E-state index < -0.39 is 23.9 Å². The number of hydrogen-bond donors (Lipinski definition) is 1. The number of amides is 2. The first-order valence-corrected chi connectivity index (χ1v) is 9.23. The van der Waals surface area contributed by atoms with Crippen LogP contribution in [0.4, 0.5) is 5.69 Å². The lowest BCUT2D eigenvalue weighted by Crippen LogP contribution is -2.35.